The first-order valence-corrected chi connectivity index (χ1v) is 15.6. The molecule has 0 radical (unpaired) electrons. The smallest absolute Gasteiger partial charge is 0.254 e. The molecule has 2 aliphatic heterocycles. The van der Waals surface area contributed by atoms with E-state index in [-0.39, 0.29) is 23.5 Å². The molecule has 3 aromatic carbocycles. The molecule has 41 heavy (non-hydrogen) atoms. The van der Waals surface area contributed by atoms with Crippen molar-refractivity contribution < 1.29 is 27.4 Å². The van der Waals surface area contributed by atoms with Crippen molar-refractivity contribution in [1.29, 1.82) is 0 Å². The highest BCUT2D eigenvalue weighted by Crippen LogP contribution is 2.39. The molecule has 0 spiro atoms. The number of sulfonamides is 1. The van der Waals surface area contributed by atoms with Crippen molar-refractivity contribution in [3.63, 3.8) is 0 Å². The normalized spacial score (nSPS) is 17.4. The summed E-state index contributed by atoms with van der Waals surface area (Å²) in [6.45, 7) is 6.09. The van der Waals surface area contributed by atoms with Gasteiger partial charge in [-0.1, -0.05) is 26.0 Å². The lowest BCUT2D eigenvalue weighted by molar-refractivity contribution is 0.0589. The predicted molar refractivity (Wildman–Crippen MR) is 157 cm³/mol. The largest absolute Gasteiger partial charge is 0.493 e. The predicted octanol–water partition coefficient (Wildman–Crippen LogP) is 5.43. The van der Waals surface area contributed by atoms with Gasteiger partial charge in [0, 0.05) is 25.2 Å². The van der Waals surface area contributed by atoms with Crippen molar-refractivity contribution in [2.45, 2.75) is 50.0 Å². The number of amides is 1. The highest BCUT2D eigenvalue weighted by atomic mass is 32.2. The Kier molecular flexibility index (Phi) is 8.56. The molecule has 0 unspecified atom stereocenters. The second kappa shape index (κ2) is 12.1. The zero-order chi connectivity index (χ0) is 29.1. The number of methoxy groups -OCH3 is 2. The fourth-order valence-corrected chi connectivity index (χ4v) is 7.11. The Labute approximate surface area is 242 Å². The van der Waals surface area contributed by atoms with Gasteiger partial charge in [0.25, 0.3) is 5.91 Å². The number of nitrogens with zero attached hydrogens (tertiary/aromatic N) is 2. The molecule has 9 heteroatoms. The monoisotopic (exact) mass is 578 g/mol. The SMILES string of the molecule is COc1cc2c(cc1OC)[C@H](COc1ccc(C(C)C)cc1)N(C(=O)c1ccc(S(=O)(=O)N3CCCC3)cc1)CC2. The topological polar surface area (TPSA) is 85.4 Å². The average Bonchev–Trinajstić information content (AvgIpc) is 3.55. The van der Waals surface area contributed by atoms with Crippen LogP contribution >= 0.6 is 0 Å². The summed E-state index contributed by atoms with van der Waals surface area (Å²) in [4.78, 5) is 15.9. The summed E-state index contributed by atoms with van der Waals surface area (Å²) in [5, 5.41) is 0. The van der Waals surface area contributed by atoms with Gasteiger partial charge in [0.1, 0.15) is 12.4 Å². The van der Waals surface area contributed by atoms with E-state index in [1.54, 1.807) is 31.3 Å². The molecule has 1 fully saturated rings. The van der Waals surface area contributed by atoms with Gasteiger partial charge in [-0.05, 0) is 90.4 Å². The first-order chi connectivity index (χ1) is 19.7. The third-order valence-electron chi connectivity index (χ3n) is 8.02. The lowest BCUT2D eigenvalue weighted by Gasteiger charge is -2.37. The number of ether oxygens (including phenoxy) is 3. The van der Waals surface area contributed by atoms with Gasteiger partial charge < -0.3 is 19.1 Å². The van der Waals surface area contributed by atoms with Crippen molar-refractivity contribution in [3.05, 3.63) is 82.9 Å². The van der Waals surface area contributed by atoms with Gasteiger partial charge in [0.15, 0.2) is 11.5 Å². The standard InChI is InChI=1S/C32H38N2O6S/c1-22(2)23-7-11-26(12-8-23)40-21-29-28-20-31(39-4)30(38-3)19-25(28)15-18-34(29)32(35)24-9-13-27(14-10-24)41(36,37)33-16-5-6-17-33/h7-14,19-20,22,29H,5-6,15-18,21H2,1-4H3/t29-/m0/s1. The Morgan fingerprint density at radius 2 is 1.54 bits per heavy atom. The maximum absolute atomic E-state index is 13.9. The average molecular weight is 579 g/mol. The fourth-order valence-electron chi connectivity index (χ4n) is 5.59. The Balaban J connectivity index is 1.43. The fraction of sp³-hybridized carbons (Fsp3) is 0.406. The van der Waals surface area contributed by atoms with Crippen LogP contribution in [-0.4, -0.2) is 64.0 Å². The molecule has 2 aliphatic rings. The van der Waals surface area contributed by atoms with Crippen LogP contribution in [0.25, 0.3) is 0 Å². The number of hydrogen-bond donors (Lipinski definition) is 0. The zero-order valence-corrected chi connectivity index (χ0v) is 24.9. The first kappa shape index (κ1) is 29.0. The van der Waals surface area contributed by atoms with E-state index in [1.807, 2.05) is 24.3 Å². The van der Waals surface area contributed by atoms with Gasteiger partial charge in [0.05, 0.1) is 25.2 Å². The van der Waals surface area contributed by atoms with E-state index >= 15 is 0 Å². The van der Waals surface area contributed by atoms with Gasteiger partial charge in [-0.3, -0.25) is 4.79 Å². The molecule has 1 saturated heterocycles. The van der Waals surface area contributed by atoms with Crippen LogP contribution in [0.3, 0.4) is 0 Å². The molecule has 1 amide bonds. The van der Waals surface area contributed by atoms with Gasteiger partial charge >= 0.3 is 0 Å². The van der Waals surface area contributed by atoms with Crippen LogP contribution in [0.1, 0.15) is 65.7 Å². The molecule has 0 bridgehead atoms. The van der Waals surface area contributed by atoms with E-state index in [1.165, 1.54) is 22.0 Å². The summed E-state index contributed by atoms with van der Waals surface area (Å²) < 4.78 is 44.9. The lowest BCUT2D eigenvalue weighted by atomic mass is 9.91. The van der Waals surface area contributed by atoms with Gasteiger partial charge in [-0.2, -0.15) is 4.31 Å². The minimum absolute atomic E-state index is 0.181. The van der Waals surface area contributed by atoms with Crippen molar-refractivity contribution in [2.75, 3.05) is 40.5 Å². The lowest BCUT2D eigenvalue weighted by Crippen LogP contribution is -2.42. The van der Waals surface area contributed by atoms with Crippen molar-refractivity contribution in [2.24, 2.45) is 0 Å². The second-order valence-corrected chi connectivity index (χ2v) is 12.8. The molecule has 0 aromatic heterocycles. The highest BCUT2D eigenvalue weighted by Gasteiger charge is 2.34. The Bertz CT molecular complexity index is 1480. The minimum Gasteiger partial charge on any atom is -0.493 e. The number of carbonyl (C=O) groups is 1. The summed E-state index contributed by atoms with van der Waals surface area (Å²) in [5.41, 5.74) is 3.67. The van der Waals surface area contributed by atoms with E-state index in [0.29, 0.717) is 49.0 Å². The summed E-state index contributed by atoms with van der Waals surface area (Å²) in [5.74, 6) is 2.19. The summed E-state index contributed by atoms with van der Waals surface area (Å²) in [6.07, 6.45) is 2.38. The Morgan fingerprint density at radius 3 is 2.15 bits per heavy atom. The maximum Gasteiger partial charge on any atom is 0.254 e. The molecule has 0 N–H and O–H groups in total. The van der Waals surface area contributed by atoms with E-state index in [2.05, 4.69) is 26.0 Å². The van der Waals surface area contributed by atoms with Crippen molar-refractivity contribution in [3.8, 4) is 17.2 Å². The van der Waals surface area contributed by atoms with Crippen molar-refractivity contribution >= 4 is 15.9 Å². The Hall–Kier alpha value is -3.56. The third kappa shape index (κ3) is 5.92. The van der Waals surface area contributed by atoms with Crippen LogP contribution in [0.15, 0.2) is 65.6 Å². The number of fused-ring (bicyclic) bond motifs is 1. The molecule has 0 aliphatic carbocycles. The van der Waals surface area contributed by atoms with E-state index in [9.17, 15) is 13.2 Å². The molecular weight excluding hydrogens is 540 g/mol. The molecule has 1 atom stereocenters. The van der Waals surface area contributed by atoms with Gasteiger partial charge in [-0.25, -0.2) is 8.42 Å². The highest BCUT2D eigenvalue weighted by molar-refractivity contribution is 7.89. The first-order valence-electron chi connectivity index (χ1n) is 14.1. The van der Waals surface area contributed by atoms with E-state index in [4.69, 9.17) is 14.2 Å². The van der Waals surface area contributed by atoms with Crippen molar-refractivity contribution in [1.82, 2.24) is 9.21 Å². The van der Waals surface area contributed by atoms with E-state index < -0.39 is 10.0 Å². The van der Waals surface area contributed by atoms with Crippen LogP contribution in [0, 0.1) is 0 Å². The summed E-state index contributed by atoms with van der Waals surface area (Å²) in [6, 6.07) is 17.8. The summed E-state index contributed by atoms with van der Waals surface area (Å²) in [7, 11) is -0.354. The molecule has 3 aromatic rings. The molecule has 218 valence electrons. The Morgan fingerprint density at radius 1 is 0.902 bits per heavy atom. The molecular formula is C32H38N2O6S. The second-order valence-electron chi connectivity index (χ2n) is 10.8. The third-order valence-corrected chi connectivity index (χ3v) is 9.94. The number of rotatable bonds is 9. The van der Waals surface area contributed by atoms with Gasteiger partial charge in [-0.15, -0.1) is 0 Å². The number of benzene rings is 3. The van der Waals surface area contributed by atoms with Crippen LogP contribution in [0.4, 0.5) is 0 Å². The minimum atomic E-state index is -3.56. The van der Waals surface area contributed by atoms with E-state index in [0.717, 1.165) is 29.7 Å². The number of carbonyl (C=O) groups excluding carboxylic acids is 1. The maximum atomic E-state index is 13.9. The van der Waals surface area contributed by atoms with Crippen LogP contribution in [0.5, 0.6) is 17.2 Å². The van der Waals surface area contributed by atoms with Crippen LogP contribution in [0.2, 0.25) is 0 Å². The molecule has 5 rings (SSSR count). The molecule has 0 saturated carbocycles. The van der Waals surface area contributed by atoms with Crippen LogP contribution in [-0.2, 0) is 16.4 Å². The molecule has 8 nitrogen and oxygen atoms in total. The quantitative estimate of drug-likeness (QED) is 0.337. The zero-order valence-electron chi connectivity index (χ0n) is 24.1. The molecule has 2 heterocycles. The van der Waals surface area contributed by atoms with Gasteiger partial charge in [0.2, 0.25) is 10.0 Å². The van der Waals surface area contributed by atoms with Crippen LogP contribution < -0.4 is 14.2 Å². The number of hydrogen-bond acceptors (Lipinski definition) is 6. The summed E-state index contributed by atoms with van der Waals surface area (Å²) >= 11 is 0.